The van der Waals surface area contributed by atoms with E-state index in [-0.39, 0.29) is 5.95 Å². The predicted molar refractivity (Wildman–Crippen MR) is 123 cm³/mol. The van der Waals surface area contributed by atoms with Gasteiger partial charge in [-0.15, -0.1) is 0 Å². The molecule has 8 nitrogen and oxygen atoms in total. The smallest absolute Gasteiger partial charge is 0.223 e. The van der Waals surface area contributed by atoms with Crippen molar-refractivity contribution in [3.63, 3.8) is 0 Å². The number of benzene rings is 2. The third-order valence-electron chi connectivity index (χ3n) is 5.87. The number of fused-ring (bicyclic) bond motifs is 3. The lowest BCUT2D eigenvalue weighted by Crippen LogP contribution is -2.46. The number of rotatable bonds is 5. The Bertz CT molecular complexity index is 1220. The summed E-state index contributed by atoms with van der Waals surface area (Å²) in [5.74, 6) is 2.46. The van der Waals surface area contributed by atoms with E-state index in [4.69, 9.17) is 15.2 Å². The minimum Gasteiger partial charge on any atom is -0.493 e. The van der Waals surface area contributed by atoms with Gasteiger partial charge < -0.3 is 25.1 Å². The summed E-state index contributed by atoms with van der Waals surface area (Å²) in [7, 11) is 3.27. The van der Waals surface area contributed by atoms with Crippen molar-refractivity contribution in [2.75, 3.05) is 51.0 Å². The van der Waals surface area contributed by atoms with Gasteiger partial charge in [0.1, 0.15) is 11.5 Å². The Balaban J connectivity index is 1.48. The van der Waals surface area contributed by atoms with Gasteiger partial charge in [0.05, 0.1) is 25.1 Å². The summed E-state index contributed by atoms with van der Waals surface area (Å²) in [6.07, 6.45) is 0. The number of ether oxygens (including phenoxy) is 2. The normalized spacial score (nSPS) is 15.0. The van der Waals surface area contributed by atoms with Gasteiger partial charge in [0.15, 0.2) is 11.5 Å². The van der Waals surface area contributed by atoms with Crippen molar-refractivity contribution in [1.29, 1.82) is 0 Å². The highest BCUT2D eigenvalue weighted by Crippen LogP contribution is 2.38. The number of piperazine rings is 1. The number of H-pyrrole nitrogens is 1. The van der Waals surface area contributed by atoms with Crippen LogP contribution in [0.2, 0.25) is 0 Å². The van der Waals surface area contributed by atoms with Crippen LogP contribution in [-0.2, 0) is 6.54 Å². The van der Waals surface area contributed by atoms with Crippen LogP contribution in [0, 0.1) is 0 Å². The number of nitrogens with two attached hydrogens (primary N) is 1. The first-order valence-corrected chi connectivity index (χ1v) is 10.4. The maximum atomic E-state index is 6.07. The minimum absolute atomic E-state index is 0.264. The Kier molecular flexibility index (Phi) is 4.99. The van der Waals surface area contributed by atoms with Crippen LogP contribution >= 0.6 is 0 Å². The number of anilines is 2. The molecule has 8 heteroatoms. The second kappa shape index (κ2) is 7.96. The first-order chi connectivity index (χ1) is 15.2. The molecule has 5 rings (SSSR count). The molecule has 1 aliphatic rings. The van der Waals surface area contributed by atoms with Gasteiger partial charge in [-0.05, 0) is 11.6 Å². The molecule has 1 saturated heterocycles. The molecule has 4 aromatic rings. The molecular formula is C23H26N6O2. The number of methoxy groups -OCH3 is 2. The molecule has 0 unspecified atom stereocenters. The Labute approximate surface area is 180 Å². The summed E-state index contributed by atoms with van der Waals surface area (Å²) in [4.78, 5) is 17.2. The number of nitrogen functional groups attached to an aromatic ring is 1. The average molecular weight is 419 g/mol. The van der Waals surface area contributed by atoms with Crippen molar-refractivity contribution in [2.45, 2.75) is 6.54 Å². The third kappa shape index (κ3) is 3.59. The molecule has 3 heterocycles. The Morgan fingerprint density at radius 2 is 1.68 bits per heavy atom. The van der Waals surface area contributed by atoms with Gasteiger partial charge in [0.25, 0.3) is 0 Å². The summed E-state index contributed by atoms with van der Waals surface area (Å²) in [5, 5.41) is 1.95. The molecule has 0 atom stereocenters. The van der Waals surface area contributed by atoms with E-state index in [1.54, 1.807) is 14.2 Å². The summed E-state index contributed by atoms with van der Waals surface area (Å²) in [6.45, 7) is 4.62. The fourth-order valence-electron chi connectivity index (χ4n) is 4.31. The van der Waals surface area contributed by atoms with Crippen LogP contribution in [0.1, 0.15) is 5.56 Å². The molecule has 0 bridgehead atoms. The van der Waals surface area contributed by atoms with Crippen LogP contribution in [0.15, 0.2) is 42.5 Å². The van der Waals surface area contributed by atoms with E-state index in [2.05, 4.69) is 55.1 Å². The van der Waals surface area contributed by atoms with E-state index in [9.17, 15) is 0 Å². The highest BCUT2D eigenvalue weighted by molar-refractivity contribution is 6.12. The average Bonchev–Trinajstić information content (AvgIpc) is 3.15. The predicted octanol–water partition coefficient (Wildman–Crippen LogP) is 3.03. The van der Waals surface area contributed by atoms with Gasteiger partial charge in [-0.25, -0.2) is 0 Å². The highest BCUT2D eigenvalue weighted by atomic mass is 16.5. The van der Waals surface area contributed by atoms with Crippen molar-refractivity contribution in [3.05, 3.63) is 48.0 Å². The molecule has 160 valence electrons. The van der Waals surface area contributed by atoms with E-state index in [1.165, 1.54) is 5.56 Å². The van der Waals surface area contributed by atoms with Crippen LogP contribution in [0.3, 0.4) is 0 Å². The Hall–Kier alpha value is -3.52. The lowest BCUT2D eigenvalue weighted by molar-refractivity contribution is 0.249. The molecular weight excluding hydrogens is 392 g/mol. The molecule has 3 N–H and O–H groups in total. The third-order valence-corrected chi connectivity index (χ3v) is 5.87. The number of nitrogens with zero attached hydrogens (tertiary/aromatic N) is 4. The van der Waals surface area contributed by atoms with E-state index < -0.39 is 0 Å². The molecule has 0 saturated carbocycles. The molecule has 2 aromatic carbocycles. The van der Waals surface area contributed by atoms with Gasteiger partial charge in [0, 0.05) is 44.2 Å². The lowest BCUT2D eigenvalue weighted by atomic mass is 10.1. The van der Waals surface area contributed by atoms with Crippen molar-refractivity contribution in [2.24, 2.45) is 0 Å². The number of hydrogen-bond donors (Lipinski definition) is 2. The number of aromatic nitrogens is 3. The molecule has 0 aliphatic carbocycles. The number of nitrogens with one attached hydrogen (secondary N) is 1. The van der Waals surface area contributed by atoms with E-state index in [0.717, 1.165) is 60.5 Å². The van der Waals surface area contributed by atoms with Gasteiger partial charge in [-0.3, -0.25) is 4.90 Å². The van der Waals surface area contributed by atoms with Crippen LogP contribution in [0.25, 0.3) is 21.9 Å². The largest absolute Gasteiger partial charge is 0.493 e. The fraction of sp³-hybridized carbons (Fsp3) is 0.304. The molecule has 0 spiro atoms. The molecule has 1 aliphatic heterocycles. The summed E-state index contributed by atoms with van der Waals surface area (Å²) < 4.78 is 11.0. The van der Waals surface area contributed by atoms with Crippen LogP contribution in [-0.4, -0.2) is 60.3 Å². The number of hydrogen-bond acceptors (Lipinski definition) is 7. The molecule has 2 aromatic heterocycles. The van der Waals surface area contributed by atoms with Crippen molar-refractivity contribution in [1.82, 2.24) is 19.9 Å². The second-order valence-corrected chi connectivity index (χ2v) is 7.76. The topological polar surface area (TPSA) is 92.5 Å². The summed E-state index contributed by atoms with van der Waals surface area (Å²) in [5.41, 5.74) is 9.04. The zero-order valence-corrected chi connectivity index (χ0v) is 17.8. The monoisotopic (exact) mass is 418 g/mol. The first-order valence-electron chi connectivity index (χ1n) is 10.4. The fourth-order valence-corrected chi connectivity index (χ4v) is 4.31. The Morgan fingerprint density at radius 1 is 0.968 bits per heavy atom. The van der Waals surface area contributed by atoms with E-state index >= 15 is 0 Å². The second-order valence-electron chi connectivity index (χ2n) is 7.76. The SMILES string of the molecule is COc1cc2[nH]c3nc(N)nc(N4CCN(Cc5ccccc5)CC4)c3c2cc1OC. The van der Waals surface area contributed by atoms with Crippen LogP contribution < -0.4 is 20.1 Å². The molecule has 31 heavy (non-hydrogen) atoms. The first kappa shape index (κ1) is 19.4. The van der Waals surface area contributed by atoms with Crippen molar-refractivity contribution >= 4 is 33.7 Å². The zero-order valence-electron chi connectivity index (χ0n) is 17.8. The lowest BCUT2D eigenvalue weighted by Gasteiger charge is -2.35. The van der Waals surface area contributed by atoms with Gasteiger partial charge in [0.2, 0.25) is 5.95 Å². The van der Waals surface area contributed by atoms with Crippen molar-refractivity contribution < 1.29 is 9.47 Å². The maximum absolute atomic E-state index is 6.07. The van der Waals surface area contributed by atoms with Gasteiger partial charge in [-0.1, -0.05) is 30.3 Å². The van der Waals surface area contributed by atoms with Gasteiger partial charge >= 0.3 is 0 Å². The molecule has 0 amide bonds. The number of aromatic amines is 1. The summed E-state index contributed by atoms with van der Waals surface area (Å²) in [6, 6.07) is 14.5. The van der Waals surface area contributed by atoms with E-state index in [0.29, 0.717) is 11.5 Å². The summed E-state index contributed by atoms with van der Waals surface area (Å²) >= 11 is 0. The maximum Gasteiger partial charge on any atom is 0.223 e. The Morgan fingerprint density at radius 3 is 2.39 bits per heavy atom. The molecule has 0 radical (unpaired) electrons. The van der Waals surface area contributed by atoms with Crippen LogP contribution in [0.4, 0.5) is 11.8 Å². The molecule has 1 fully saturated rings. The minimum atomic E-state index is 0.264. The van der Waals surface area contributed by atoms with Gasteiger partial charge in [-0.2, -0.15) is 9.97 Å². The quantitative estimate of drug-likeness (QED) is 0.515. The zero-order chi connectivity index (χ0) is 21.4. The van der Waals surface area contributed by atoms with Crippen molar-refractivity contribution in [3.8, 4) is 11.5 Å². The standard InChI is InChI=1S/C23H26N6O2/c1-30-18-12-16-17(13-19(18)31-2)25-21-20(16)22(27-23(24)26-21)29-10-8-28(9-11-29)14-15-6-4-3-5-7-15/h3-7,12-13H,8-11,14H2,1-2H3,(H3,24,25,26,27). The highest BCUT2D eigenvalue weighted by Gasteiger charge is 2.23. The van der Waals surface area contributed by atoms with E-state index in [1.807, 2.05) is 12.1 Å². The van der Waals surface area contributed by atoms with Crippen LogP contribution in [0.5, 0.6) is 11.5 Å².